The monoisotopic (exact) mass is 287 g/mol. The maximum atomic E-state index is 13.9. The van der Waals surface area contributed by atoms with Gasteiger partial charge in [0.25, 0.3) is 0 Å². The molecular formula is C17H18FNO2. The van der Waals surface area contributed by atoms with Crippen LogP contribution in [0.15, 0.2) is 30.3 Å². The lowest BCUT2D eigenvalue weighted by Gasteiger charge is -2.14. The Morgan fingerprint density at radius 3 is 2.81 bits per heavy atom. The number of aryl methyl sites for hydroxylation is 1. The summed E-state index contributed by atoms with van der Waals surface area (Å²) < 4.78 is 25.2. The zero-order valence-corrected chi connectivity index (χ0v) is 12.2. The van der Waals surface area contributed by atoms with Gasteiger partial charge in [-0.3, -0.25) is 0 Å². The molecule has 0 aromatic heterocycles. The van der Waals surface area contributed by atoms with Gasteiger partial charge in [-0.1, -0.05) is 11.6 Å². The highest BCUT2D eigenvalue weighted by molar-refractivity contribution is 5.78. The molecule has 3 rings (SSSR count). The first-order valence-electron chi connectivity index (χ1n) is 6.96. The highest BCUT2D eigenvalue weighted by Crippen LogP contribution is 2.43. The minimum Gasteiger partial charge on any atom is -0.496 e. The van der Waals surface area contributed by atoms with Crippen LogP contribution in [0.2, 0.25) is 0 Å². The predicted octanol–water partition coefficient (Wildman–Crippen LogP) is 3.07. The van der Waals surface area contributed by atoms with Crippen molar-refractivity contribution in [3.63, 3.8) is 0 Å². The Kier molecular flexibility index (Phi) is 3.55. The summed E-state index contributed by atoms with van der Waals surface area (Å²) in [5.41, 5.74) is 9.18. The van der Waals surface area contributed by atoms with Gasteiger partial charge in [0, 0.05) is 29.7 Å². The van der Waals surface area contributed by atoms with E-state index in [1.54, 1.807) is 7.11 Å². The van der Waals surface area contributed by atoms with Crippen molar-refractivity contribution in [2.45, 2.75) is 19.4 Å². The Hall–Kier alpha value is -2.07. The van der Waals surface area contributed by atoms with Gasteiger partial charge in [-0.05, 0) is 31.2 Å². The Bertz CT molecular complexity index is 685. The van der Waals surface area contributed by atoms with Crippen LogP contribution < -0.4 is 15.2 Å². The second-order valence-electron chi connectivity index (χ2n) is 5.33. The second-order valence-corrected chi connectivity index (χ2v) is 5.33. The van der Waals surface area contributed by atoms with Crippen molar-refractivity contribution in [3.8, 4) is 22.6 Å². The van der Waals surface area contributed by atoms with Crippen LogP contribution in [0, 0.1) is 12.7 Å². The molecule has 110 valence electrons. The maximum absolute atomic E-state index is 13.9. The number of halogens is 1. The van der Waals surface area contributed by atoms with Crippen molar-refractivity contribution in [2.24, 2.45) is 5.73 Å². The summed E-state index contributed by atoms with van der Waals surface area (Å²) in [6.07, 6.45) is 0.557. The third-order valence-corrected chi connectivity index (χ3v) is 3.77. The van der Waals surface area contributed by atoms with E-state index in [2.05, 4.69) is 0 Å². The zero-order chi connectivity index (χ0) is 15.0. The van der Waals surface area contributed by atoms with Crippen molar-refractivity contribution in [2.75, 3.05) is 13.7 Å². The molecule has 2 N–H and O–H groups in total. The maximum Gasteiger partial charge on any atom is 0.131 e. The summed E-state index contributed by atoms with van der Waals surface area (Å²) in [5, 5.41) is 0. The molecule has 0 spiro atoms. The molecule has 1 aliphatic rings. The minimum absolute atomic E-state index is 0.0867. The summed E-state index contributed by atoms with van der Waals surface area (Å²) in [4.78, 5) is 0. The number of benzene rings is 2. The summed E-state index contributed by atoms with van der Waals surface area (Å²) in [6, 6.07) is 8.85. The van der Waals surface area contributed by atoms with Gasteiger partial charge < -0.3 is 15.2 Å². The van der Waals surface area contributed by atoms with E-state index in [0.29, 0.717) is 18.7 Å². The molecule has 4 heteroatoms. The van der Waals surface area contributed by atoms with Gasteiger partial charge in [0.1, 0.15) is 23.4 Å². The van der Waals surface area contributed by atoms with E-state index in [-0.39, 0.29) is 11.9 Å². The van der Waals surface area contributed by atoms with E-state index < -0.39 is 0 Å². The van der Waals surface area contributed by atoms with Crippen LogP contribution in [-0.2, 0) is 6.42 Å². The average Bonchev–Trinajstić information content (AvgIpc) is 2.89. The van der Waals surface area contributed by atoms with Gasteiger partial charge in [-0.15, -0.1) is 0 Å². The highest BCUT2D eigenvalue weighted by atomic mass is 19.1. The van der Waals surface area contributed by atoms with Gasteiger partial charge in [-0.2, -0.15) is 0 Å². The van der Waals surface area contributed by atoms with Gasteiger partial charge in [0.15, 0.2) is 0 Å². The molecule has 1 aliphatic heterocycles. The molecule has 1 atom stereocenters. The number of hydrogen-bond donors (Lipinski definition) is 1. The number of ether oxygens (including phenoxy) is 2. The summed E-state index contributed by atoms with van der Waals surface area (Å²) >= 11 is 0. The molecule has 2 aromatic rings. The molecule has 0 fully saturated rings. The number of nitrogens with two attached hydrogens (primary N) is 1. The average molecular weight is 287 g/mol. The van der Waals surface area contributed by atoms with Gasteiger partial charge in [-0.25, -0.2) is 4.39 Å². The van der Waals surface area contributed by atoms with Crippen LogP contribution in [0.1, 0.15) is 11.1 Å². The van der Waals surface area contributed by atoms with Gasteiger partial charge in [0.05, 0.1) is 7.11 Å². The van der Waals surface area contributed by atoms with Crippen LogP contribution in [0.4, 0.5) is 4.39 Å². The molecule has 0 saturated carbocycles. The number of hydrogen-bond acceptors (Lipinski definition) is 3. The predicted molar refractivity (Wildman–Crippen MR) is 80.3 cm³/mol. The molecule has 0 bridgehead atoms. The van der Waals surface area contributed by atoms with E-state index in [1.165, 1.54) is 12.1 Å². The van der Waals surface area contributed by atoms with E-state index >= 15 is 0 Å². The fourth-order valence-corrected chi connectivity index (χ4v) is 2.76. The zero-order valence-electron chi connectivity index (χ0n) is 12.2. The summed E-state index contributed by atoms with van der Waals surface area (Å²) in [6.45, 7) is 2.41. The van der Waals surface area contributed by atoms with Crippen molar-refractivity contribution < 1.29 is 13.9 Å². The smallest absolute Gasteiger partial charge is 0.131 e. The Balaban J connectivity index is 2.18. The fraction of sp³-hybridized carbons (Fsp3) is 0.294. The van der Waals surface area contributed by atoms with E-state index in [4.69, 9.17) is 15.2 Å². The normalized spacial score (nSPS) is 16.5. The van der Waals surface area contributed by atoms with Crippen molar-refractivity contribution >= 4 is 0 Å². The lowest BCUT2D eigenvalue weighted by Crippen LogP contribution is -2.24. The van der Waals surface area contributed by atoms with Gasteiger partial charge >= 0.3 is 0 Å². The largest absolute Gasteiger partial charge is 0.496 e. The summed E-state index contributed by atoms with van der Waals surface area (Å²) in [5.74, 6) is 1.15. The number of methoxy groups -OCH3 is 1. The number of fused-ring (bicyclic) bond motifs is 1. The second kappa shape index (κ2) is 5.37. The van der Waals surface area contributed by atoms with Crippen LogP contribution in [0.3, 0.4) is 0 Å². The van der Waals surface area contributed by atoms with E-state index in [1.807, 2.05) is 25.1 Å². The SMILES string of the molecule is COc1ccc(C)cc1-c1cc(F)cc2c1OC(CN)C2. The van der Waals surface area contributed by atoms with Crippen LogP contribution in [-0.4, -0.2) is 19.8 Å². The molecule has 0 aliphatic carbocycles. The molecule has 0 saturated heterocycles. The molecular weight excluding hydrogens is 269 g/mol. The topological polar surface area (TPSA) is 44.5 Å². The molecule has 1 heterocycles. The van der Waals surface area contributed by atoms with E-state index in [0.717, 1.165) is 28.0 Å². The first-order valence-corrected chi connectivity index (χ1v) is 6.96. The van der Waals surface area contributed by atoms with Crippen LogP contribution in [0.5, 0.6) is 11.5 Å². The standard InChI is InChI=1S/C17H18FNO2/c1-10-3-4-16(20-2)14(5-10)15-8-12(18)6-11-7-13(9-19)21-17(11)15/h3-6,8,13H,7,9,19H2,1-2H3. The Labute approximate surface area is 123 Å². The first kappa shape index (κ1) is 13.9. The molecule has 0 amide bonds. The third kappa shape index (κ3) is 2.47. The first-order chi connectivity index (χ1) is 10.1. The minimum atomic E-state index is -0.270. The van der Waals surface area contributed by atoms with Crippen molar-refractivity contribution in [3.05, 3.63) is 47.3 Å². The van der Waals surface area contributed by atoms with Crippen LogP contribution >= 0.6 is 0 Å². The van der Waals surface area contributed by atoms with Crippen LogP contribution in [0.25, 0.3) is 11.1 Å². The summed E-state index contributed by atoms with van der Waals surface area (Å²) in [7, 11) is 1.61. The van der Waals surface area contributed by atoms with Crippen molar-refractivity contribution in [1.29, 1.82) is 0 Å². The van der Waals surface area contributed by atoms with Gasteiger partial charge in [0.2, 0.25) is 0 Å². The van der Waals surface area contributed by atoms with E-state index in [9.17, 15) is 4.39 Å². The lowest BCUT2D eigenvalue weighted by molar-refractivity contribution is 0.242. The quantitative estimate of drug-likeness (QED) is 0.943. The molecule has 0 radical (unpaired) electrons. The molecule has 3 nitrogen and oxygen atoms in total. The Morgan fingerprint density at radius 2 is 2.10 bits per heavy atom. The molecule has 2 aromatic carbocycles. The van der Waals surface area contributed by atoms with Crippen molar-refractivity contribution in [1.82, 2.24) is 0 Å². The lowest BCUT2D eigenvalue weighted by atomic mass is 9.98. The third-order valence-electron chi connectivity index (χ3n) is 3.77. The Morgan fingerprint density at radius 1 is 1.29 bits per heavy atom. The number of rotatable bonds is 3. The molecule has 1 unspecified atom stereocenters. The highest BCUT2D eigenvalue weighted by Gasteiger charge is 2.27. The fourth-order valence-electron chi connectivity index (χ4n) is 2.76. The molecule has 21 heavy (non-hydrogen) atoms.